The second kappa shape index (κ2) is 7.49. The van der Waals surface area contributed by atoms with Gasteiger partial charge in [0.1, 0.15) is 5.82 Å². The molecule has 0 aliphatic rings. The van der Waals surface area contributed by atoms with Crippen molar-refractivity contribution in [1.82, 2.24) is 14.9 Å². The molecule has 25 heavy (non-hydrogen) atoms. The van der Waals surface area contributed by atoms with Crippen LogP contribution in [-0.2, 0) is 6.54 Å². The summed E-state index contributed by atoms with van der Waals surface area (Å²) >= 11 is 5.45. The molecule has 2 N–H and O–H groups in total. The Kier molecular flexibility index (Phi) is 5.14. The number of anilines is 1. The molecule has 0 bridgehead atoms. The molecule has 0 unspecified atom stereocenters. The number of hydrogen-bond acceptors (Lipinski definition) is 2. The fourth-order valence-electron chi connectivity index (χ4n) is 2.93. The van der Waals surface area contributed by atoms with Crippen LogP contribution in [0.15, 0.2) is 54.9 Å². The molecule has 0 spiro atoms. The molecule has 0 radical (unpaired) electrons. The molecule has 0 fully saturated rings. The standard InChI is InChI=1S/C20H22N4S/c1-14-10-15(2)12-18(11-14)23-20(25)22-13-17-6-4-5-7-19(17)24-9-8-21-16(24)3/h4-12H,13H2,1-3H3,(H2,22,23,25). The molecule has 1 heterocycles. The van der Waals surface area contributed by atoms with E-state index in [1.54, 1.807) is 0 Å². The van der Waals surface area contributed by atoms with Gasteiger partial charge in [-0.15, -0.1) is 0 Å². The zero-order chi connectivity index (χ0) is 17.8. The Labute approximate surface area is 153 Å². The van der Waals surface area contributed by atoms with Gasteiger partial charge in [0.05, 0.1) is 5.69 Å². The van der Waals surface area contributed by atoms with E-state index in [0.717, 1.165) is 22.8 Å². The van der Waals surface area contributed by atoms with Crippen molar-refractivity contribution < 1.29 is 0 Å². The maximum Gasteiger partial charge on any atom is 0.171 e. The van der Waals surface area contributed by atoms with E-state index in [-0.39, 0.29) is 0 Å². The molecule has 0 saturated heterocycles. The second-order valence-corrected chi connectivity index (χ2v) is 6.57. The van der Waals surface area contributed by atoms with E-state index in [0.29, 0.717) is 11.7 Å². The Morgan fingerprint density at radius 3 is 2.48 bits per heavy atom. The van der Waals surface area contributed by atoms with Gasteiger partial charge in [-0.3, -0.25) is 0 Å². The minimum Gasteiger partial charge on any atom is -0.358 e. The number of nitrogens with one attached hydrogen (secondary N) is 2. The highest BCUT2D eigenvalue weighted by atomic mass is 32.1. The third kappa shape index (κ3) is 4.25. The number of imidazole rings is 1. The number of aryl methyl sites for hydroxylation is 3. The van der Waals surface area contributed by atoms with E-state index >= 15 is 0 Å². The number of para-hydroxylation sites is 1. The first-order valence-electron chi connectivity index (χ1n) is 8.24. The van der Waals surface area contributed by atoms with Gasteiger partial charge < -0.3 is 15.2 Å². The van der Waals surface area contributed by atoms with Gasteiger partial charge >= 0.3 is 0 Å². The fraction of sp³-hybridized carbons (Fsp3) is 0.200. The van der Waals surface area contributed by atoms with Gasteiger partial charge in [-0.2, -0.15) is 0 Å². The third-order valence-electron chi connectivity index (χ3n) is 4.00. The van der Waals surface area contributed by atoms with Crippen LogP contribution in [-0.4, -0.2) is 14.7 Å². The van der Waals surface area contributed by atoms with Crippen molar-refractivity contribution in [1.29, 1.82) is 0 Å². The summed E-state index contributed by atoms with van der Waals surface area (Å²) in [6.45, 7) is 6.80. The number of nitrogens with zero attached hydrogens (tertiary/aromatic N) is 2. The van der Waals surface area contributed by atoms with E-state index in [2.05, 4.69) is 64.4 Å². The van der Waals surface area contributed by atoms with Gasteiger partial charge in [0.25, 0.3) is 0 Å². The van der Waals surface area contributed by atoms with Crippen molar-refractivity contribution >= 4 is 23.0 Å². The summed E-state index contributed by atoms with van der Waals surface area (Å²) in [5, 5.41) is 7.17. The molecule has 0 aliphatic carbocycles. The summed E-state index contributed by atoms with van der Waals surface area (Å²) < 4.78 is 2.08. The predicted octanol–water partition coefficient (Wildman–Crippen LogP) is 4.28. The molecule has 3 rings (SSSR count). The van der Waals surface area contributed by atoms with Gasteiger partial charge in [0, 0.05) is 24.6 Å². The van der Waals surface area contributed by atoms with Gasteiger partial charge in [-0.1, -0.05) is 24.3 Å². The predicted molar refractivity (Wildman–Crippen MR) is 107 cm³/mol. The van der Waals surface area contributed by atoms with Crippen molar-refractivity contribution in [3.8, 4) is 5.69 Å². The van der Waals surface area contributed by atoms with Crippen LogP contribution in [0.25, 0.3) is 5.69 Å². The highest BCUT2D eigenvalue weighted by Crippen LogP contribution is 2.17. The first kappa shape index (κ1) is 17.2. The van der Waals surface area contributed by atoms with Crippen LogP contribution in [0, 0.1) is 20.8 Å². The number of aromatic nitrogens is 2. The van der Waals surface area contributed by atoms with Crippen molar-refractivity contribution in [2.45, 2.75) is 27.3 Å². The summed E-state index contributed by atoms with van der Waals surface area (Å²) in [7, 11) is 0. The fourth-order valence-corrected chi connectivity index (χ4v) is 3.12. The Morgan fingerprint density at radius 2 is 1.80 bits per heavy atom. The zero-order valence-corrected chi connectivity index (χ0v) is 15.5. The zero-order valence-electron chi connectivity index (χ0n) is 14.7. The first-order chi connectivity index (χ1) is 12.0. The van der Waals surface area contributed by atoms with E-state index in [1.165, 1.54) is 11.1 Å². The summed E-state index contributed by atoms with van der Waals surface area (Å²) in [4.78, 5) is 4.31. The highest BCUT2D eigenvalue weighted by molar-refractivity contribution is 7.80. The number of hydrogen-bond donors (Lipinski definition) is 2. The maximum absolute atomic E-state index is 5.45. The topological polar surface area (TPSA) is 41.9 Å². The molecule has 128 valence electrons. The van der Waals surface area contributed by atoms with Gasteiger partial charge in [-0.05, 0) is 67.9 Å². The minimum absolute atomic E-state index is 0.613. The van der Waals surface area contributed by atoms with Crippen molar-refractivity contribution in [3.63, 3.8) is 0 Å². The molecule has 4 nitrogen and oxygen atoms in total. The maximum atomic E-state index is 5.45. The molecule has 0 aliphatic heterocycles. The average Bonchev–Trinajstić information content (AvgIpc) is 2.98. The molecule has 0 amide bonds. The lowest BCUT2D eigenvalue weighted by molar-refractivity contribution is 0.885. The largest absolute Gasteiger partial charge is 0.358 e. The lowest BCUT2D eigenvalue weighted by Gasteiger charge is -2.15. The van der Waals surface area contributed by atoms with E-state index in [1.807, 2.05) is 31.5 Å². The summed E-state index contributed by atoms with van der Waals surface area (Å²) in [5.41, 5.74) is 5.71. The van der Waals surface area contributed by atoms with Crippen molar-refractivity contribution in [3.05, 3.63) is 77.4 Å². The van der Waals surface area contributed by atoms with Crippen LogP contribution < -0.4 is 10.6 Å². The van der Waals surface area contributed by atoms with Crippen LogP contribution in [0.5, 0.6) is 0 Å². The highest BCUT2D eigenvalue weighted by Gasteiger charge is 2.07. The molecule has 3 aromatic rings. The number of benzene rings is 2. The van der Waals surface area contributed by atoms with Gasteiger partial charge in [-0.25, -0.2) is 4.98 Å². The summed E-state index contributed by atoms with van der Waals surface area (Å²) in [6, 6.07) is 14.6. The van der Waals surface area contributed by atoms with Gasteiger partial charge in [0.2, 0.25) is 0 Å². The monoisotopic (exact) mass is 350 g/mol. The number of thiocarbonyl (C=S) groups is 1. The SMILES string of the molecule is Cc1cc(C)cc(NC(=S)NCc2ccccc2-n2ccnc2C)c1. The van der Waals surface area contributed by atoms with Crippen LogP contribution in [0.4, 0.5) is 5.69 Å². The number of rotatable bonds is 4. The summed E-state index contributed by atoms with van der Waals surface area (Å²) in [6.07, 6.45) is 3.78. The lowest BCUT2D eigenvalue weighted by atomic mass is 10.1. The molecule has 5 heteroatoms. The Morgan fingerprint density at radius 1 is 1.08 bits per heavy atom. The smallest absolute Gasteiger partial charge is 0.171 e. The average molecular weight is 350 g/mol. The second-order valence-electron chi connectivity index (χ2n) is 6.16. The van der Waals surface area contributed by atoms with Gasteiger partial charge in [0.15, 0.2) is 5.11 Å². The van der Waals surface area contributed by atoms with Crippen molar-refractivity contribution in [2.75, 3.05) is 5.32 Å². The third-order valence-corrected chi connectivity index (χ3v) is 4.24. The van der Waals surface area contributed by atoms with E-state index in [4.69, 9.17) is 12.2 Å². The Balaban J connectivity index is 1.70. The normalized spacial score (nSPS) is 10.5. The molecular formula is C20H22N4S. The Hall–Kier alpha value is -2.66. The van der Waals surface area contributed by atoms with Crippen LogP contribution >= 0.6 is 12.2 Å². The molecular weight excluding hydrogens is 328 g/mol. The molecule has 0 atom stereocenters. The molecule has 1 aromatic heterocycles. The summed E-state index contributed by atoms with van der Waals surface area (Å²) in [5.74, 6) is 0.961. The van der Waals surface area contributed by atoms with Crippen LogP contribution in [0.3, 0.4) is 0 Å². The Bertz CT molecular complexity index is 878. The molecule has 0 saturated carbocycles. The van der Waals surface area contributed by atoms with Crippen LogP contribution in [0.1, 0.15) is 22.5 Å². The van der Waals surface area contributed by atoms with E-state index in [9.17, 15) is 0 Å². The molecule has 2 aromatic carbocycles. The lowest BCUT2D eigenvalue weighted by Crippen LogP contribution is -2.28. The quantitative estimate of drug-likeness (QED) is 0.689. The minimum atomic E-state index is 0.613. The first-order valence-corrected chi connectivity index (χ1v) is 8.65. The van der Waals surface area contributed by atoms with E-state index < -0.39 is 0 Å². The van der Waals surface area contributed by atoms with Crippen molar-refractivity contribution in [2.24, 2.45) is 0 Å². The van der Waals surface area contributed by atoms with Crippen LogP contribution in [0.2, 0.25) is 0 Å².